The van der Waals surface area contributed by atoms with Crippen LogP contribution < -0.4 is 10.6 Å². The third-order valence-electron chi connectivity index (χ3n) is 3.88. The average Bonchev–Trinajstić information content (AvgIpc) is 2.62. The summed E-state index contributed by atoms with van der Waals surface area (Å²) in [5, 5.41) is 13.6. The molecule has 0 unspecified atom stereocenters. The molecule has 1 aliphatic heterocycles. The van der Waals surface area contributed by atoms with Crippen molar-refractivity contribution in [2.45, 2.75) is 25.7 Å². The van der Waals surface area contributed by atoms with Gasteiger partial charge in [0.25, 0.3) is 5.91 Å². The van der Waals surface area contributed by atoms with Crippen LogP contribution in [0, 0.1) is 0 Å². The molecule has 3 N–H and O–H groups in total. The van der Waals surface area contributed by atoms with Gasteiger partial charge in [-0.15, -0.1) is 0 Å². The summed E-state index contributed by atoms with van der Waals surface area (Å²) in [6, 6.07) is 6.69. The molecule has 0 radical (unpaired) electrons. The first kappa shape index (κ1) is 17.9. The highest BCUT2D eigenvalue weighted by Gasteiger charge is 2.22. The second-order valence-corrected chi connectivity index (χ2v) is 5.69. The lowest BCUT2D eigenvalue weighted by Gasteiger charge is -2.27. The van der Waals surface area contributed by atoms with Crippen molar-refractivity contribution in [1.29, 1.82) is 0 Å². The number of aliphatic hydroxyl groups is 1. The lowest BCUT2D eigenvalue weighted by Crippen LogP contribution is -2.38. The number of para-hydroxylation sites is 1. The predicted molar refractivity (Wildman–Crippen MR) is 89.5 cm³/mol. The van der Waals surface area contributed by atoms with Crippen LogP contribution in [0.15, 0.2) is 24.3 Å². The number of amides is 3. The first-order valence-corrected chi connectivity index (χ1v) is 8.22. The summed E-state index contributed by atoms with van der Waals surface area (Å²) < 4.78 is 0. The number of carbonyl (C=O) groups excluding carboxylic acids is 3. The second kappa shape index (κ2) is 9.02. The number of piperidine rings is 1. The highest BCUT2D eigenvalue weighted by atomic mass is 16.3. The molecule has 3 amide bonds. The number of rotatable bonds is 5. The normalized spacial score (nSPS) is 14.1. The third kappa shape index (κ3) is 4.79. The summed E-state index contributed by atoms with van der Waals surface area (Å²) in [4.78, 5) is 38.1. The van der Waals surface area contributed by atoms with E-state index in [0.29, 0.717) is 30.8 Å². The van der Waals surface area contributed by atoms with Gasteiger partial charge in [-0.3, -0.25) is 14.4 Å². The molecule has 1 aromatic carbocycles. The zero-order valence-electron chi connectivity index (χ0n) is 13.6. The zero-order valence-corrected chi connectivity index (χ0v) is 13.6. The molecule has 0 aromatic heterocycles. The van der Waals surface area contributed by atoms with Crippen LogP contribution in [-0.2, 0) is 9.59 Å². The predicted octanol–water partition coefficient (Wildman–Crippen LogP) is 0.750. The molecule has 1 heterocycles. The molecule has 0 saturated carbocycles. The standard InChI is InChI=1S/C17H23N3O4/c21-12-6-9-18-15(22)16(23)19-14-8-3-2-7-13(14)17(24)20-10-4-1-5-11-20/h2-3,7-8,21H,1,4-6,9-12H2,(H,18,22)(H,19,23). The third-order valence-corrected chi connectivity index (χ3v) is 3.88. The zero-order chi connectivity index (χ0) is 17.4. The fraction of sp³-hybridized carbons (Fsp3) is 0.471. The van der Waals surface area contributed by atoms with Crippen LogP contribution in [0.4, 0.5) is 5.69 Å². The molecule has 0 spiro atoms. The van der Waals surface area contributed by atoms with Gasteiger partial charge in [0.15, 0.2) is 0 Å². The number of nitrogens with zero attached hydrogens (tertiary/aromatic N) is 1. The summed E-state index contributed by atoms with van der Waals surface area (Å²) in [5.41, 5.74) is 0.714. The van der Waals surface area contributed by atoms with Crippen molar-refractivity contribution >= 4 is 23.4 Å². The highest BCUT2D eigenvalue weighted by Crippen LogP contribution is 2.20. The second-order valence-electron chi connectivity index (χ2n) is 5.69. The molecular weight excluding hydrogens is 310 g/mol. The summed E-state index contributed by atoms with van der Waals surface area (Å²) in [5.74, 6) is -1.75. The molecular formula is C17H23N3O4. The number of anilines is 1. The van der Waals surface area contributed by atoms with Gasteiger partial charge >= 0.3 is 11.8 Å². The molecule has 0 bridgehead atoms. The fourth-order valence-electron chi connectivity index (χ4n) is 2.59. The Labute approximate surface area is 141 Å². The van der Waals surface area contributed by atoms with E-state index in [2.05, 4.69) is 10.6 Å². The Morgan fingerprint density at radius 3 is 2.46 bits per heavy atom. The van der Waals surface area contributed by atoms with Crippen molar-refractivity contribution in [1.82, 2.24) is 10.2 Å². The SMILES string of the molecule is O=C(NCCCO)C(=O)Nc1ccccc1C(=O)N1CCCCC1. The number of likely N-dealkylation sites (tertiary alicyclic amines) is 1. The molecule has 130 valence electrons. The van der Waals surface area contributed by atoms with E-state index < -0.39 is 11.8 Å². The van der Waals surface area contributed by atoms with Crippen LogP contribution in [-0.4, -0.2) is 54.0 Å². The fourth-order valence-corrected chi connectivity index (χ4v) is 2.59. The quantitative estimate of drug-likeness (QED) is 0.547. The van der Waals surface area contributed by atoms with Crippen molar-refractivity contribution in [3.8, 4) is 0 Å². The molecule has 1 saturated heterocycles. The van der Waals surface area contributed by atoms with Gasteiger partial charge in [0.2, 0.25) is 0 Å². The van der Waals surface area contributed by atoms with E-state index in [0.717, 1.165) is 19.3 Å². The Kier molecular flexibility index (Phi) is 6.74. The van der Waals surface area contributed by atoms with Crippen LogP contribution in [0.2, 0.25) is 0 Å². The van der Waals surface area contributed by atoms with Crippen molar-refractivity contribution < 1.29 is 19.5 Å². The molecule has 1 aliphatic rings. The molecule has 1 aromatic rings. The van der Waals surface area contributed by atoms with Crippen LogP contribution in [0.5, 0.6) is 0 Å². The summed E-state index contributed by atoms with van der Waals surface area (Å²) >= 11 is 0. The number of nitrogens with one attached hydrogen (secondary N) is 2. The Morgan fingerprint density at radius 1 is 1.04 bits per heavy atom. The van der Waals surface area contributed by atoms with Crippen molar-refractivity contribution in [2.75, 3.05) is 31.6 Å². The Hall–Kier alpha value is -2.41. The Balaban J connectivity index is 2.04. The molecule has 7 nitrogen and oxygen atoms in total. The molecule has 7 heteroatoms. The lowest BCUT2D eigenvalue weighted by molar-refractivity contribution is -0.136. The Bertz CT molecular complexity index is 597. The number of benzene rings is 1. The molecule has 1 fully saturated rings. The van der Waals surface area contributed by atoms with Crippen LogP contribution in [0.1, 0.15) is 36.0 Å². The van der Waals surface area contributed by atoms with Gasteiger partial charge in [-0.1, -0.05) is 12.1 Å². The molecule has 24 heavy (non-hydrogen) atoms. The van der Waals surface area contributed by atoms with Gasteiger partial charge in [-0.2, -0.15) is 0 Å². The number of carbonyl (C=O) groups is 3. The van der Waals surface area contributed by atoms with E-state index in [1.807, 2.05) is 0 Å². The number of hydrogen-bond acceptors (Lipinski definition) is 4. The monoisotopic (exact) mass is 333 g/mol. The van der Waals surface area contributed by atoms with E-state index in [-0.39, 0.29) is 19.1 Å². The van der Waals surface area contributed by atoms with Crippen LogP contribution >= 0.6 is 0 Å². The van der Waals surface area contributed by atoms with Crippen molar-refractivity contribution in [3.63, 3.8) is 0 Å². The van der Waals surface area contributed by atoms with Crippen molar-refractivity contribution in [3.05, 3.63) is 29.8 Å². The minimum atomic E-state index is -0.827. The molecule has 0 atom stereocenters. The van der Waals surface area contributed by atoms with E-state index in [1.165, 1.54) is 0 Å². The number of hydrogen-bond donors (Lipinski definition) is 3. The van der Waals surface area contributed by atoms with Crippen molar-refractivity contribution in [2.24, 2.45) is 0 Å². The number of aliphatic hydroxyl groups excluding tert-OH is 1. The minimum Gasteiger partial charge on any atom is -0.396 e. The average molecular weight is 333 g/mol. The topological polar surface area (TPSA) is 98.7 Å². The van der Waals surface area contributed by atoms with Gasteiger partial charge in [0.1, 0.15) is 0 Å². The van der Waals surface area contributed by atoms with E-state index in [9.17, 15) is 14.4 Å². The van der Waals surface area contributed by atoms with Gasteiger partial charge < -0.3 is 20.6 Å². The maximum absolute atomic E-state index is 12.6. The Morgan fingerprint density at radius 2 is 1.75 bits per heavy atom. The first-order valence-electron chi connectivity index (χ1n) is 8.22. The van der Waals surface area contributed by atoms with Crippen LogP contribution in [0.3, 0.4) is 0 Å². The largest absolute Gasteiger partial charge is 0.396 e. The smallest absolute Gasteiger partial charge is 0.313 e. The van der Waals surface area contributed by atoms with Crippen LogP contribution in [0.25, 0.3) is 0 Å². The van der Waals surface area contributed by atoms with Gasteiger partial charge in [-0.25, -0.2) is 0 Å². The van der Waals surface area contributed by atoms with Gasteiger partial charge in [0, 0.05) is 26.2 Å². The minimum absolute atomic E-state index is 0.0604. The summed E-state index contributed by atoms with van der Waals surface area (Å²) in [7, 11) is 0. The molecule has 2 rings (SSSR count). The first-order chi connectivity index (χ1) is 11.6. The summed E-state index contributed by atoms with van der Waals surface area (Å²) in [6.45, 7) is 1.58. The molecule has 0 aliphatic carbocycles. The maximum atomic E-state index is 12.6. The summed E-state index contributed by atoms with van der Waals surface area (Å²) in [6.07, 6.45) is 3.46. The highest BCUT2D eigenvalue weighted by molar-refractivity contribution is 6.40. The van der Waals surface area contributed by atoms with Gasteiger partial charge in [0.05, 0.1) is 11.3 Å². The van der Waals surface area contributed by atoms with E-state index >= 15 is 0 Å². The van der Waals surface area contributed by atoms with E-state index in [4.69, 9.17) is 5.11 Å². The van der Waals surface area contributed by atoms with E-state index in [1.54, 1.807) is 29.2 Å². The van der Waals surface area contributed by atoms with Gasteiger partial charge in [-0.05, 0) is 37.8 Å². The lowest BCUT2D eigenvalue weighted by atomic mass is 10.1. The maximum Gasteiger partial charge on any atom is 0.313 e.